The average molecular weight is 713 g/mol. The smallest absolute Gasteiger partial charge is 0.407 e. The number of rotatable bonds is 13. The number of nitrogens with one attached hydrogen (secondary N) is 1. The number of ether oxygens (including phenoxy) is 1. The fourth-order valence-electron chi connectivity index (χ4n) is 11.1. The number of halogens is 1. The van der Waals surface area contributed by atoms with Gasteiger partial charge in [0.05, 0.1) is 32.7 Å². The second-order valence-corrected chi connectivity index (χ2v) is 16.2. The van der Waals surface area contributed by atoms with E-state index in [-0.39, 0.29) is 36.2 Å². The van der Waals surface area contributed by atoms with Crippen molar-refractivity contribution in [2.45, 2.75) is 139 Å². The summed E-state index contributed by atoms with van der Waals surface area (Å²) >= 11 is 0. The highest BCUT2D eigenvalue weighted by atomic mass is 127. The summed E-state index contributed by atoms with van der Waals surface area (Å²) < 4.78 is 7.08. The number of hydrogen-bond donors (Lipinski definition) is 1. The SMILES string of the molecule is CC[C@H](CC[C@@H](C)[C@H]1CC[C@H]2[C@@H]3CC=C4C[C@@H](OC(=O)NCC[N+](CC)(CC)CC)CC[C@]4(C)[C@H]3CC[C@]12C)C(C)C.[I-]. The maximum atomic E-state index is 12.8. The highest BCUT2D eigenvalue weighted by Crippen LogP contribution is 2.67. The quantitative estimate of drug-likeness (QED) is 0.132. The van der Waals surface area contributed by atoms with Gasteiger partial charge >= 0.3 is 6.09 Å². The lowest BCUT2D eigenvalue weighted by atomic mass is 9.47. The predicted octanol–water partition coefficient (Wildman–Crippen LogP) is 6.64. The zero-order valence-electron chi connectivity index (χ0n) is 29.7. The Morgan fingerprint density at radius 1 is 0.977 bits per heavy atom. The van der Waals surface area contributed by atoms with Crippen molar-refractivity contribution in [1.82, 2.24) is 5.32 Å². The van der Waals surface area contributed by atoms with E-state index in [0.29, 0.717) is 17.4 Å². The van der Waals surface area contributed by atoms with E-state index in [2.05, 4.69) is 73.7 Å². The zero-order valence-corrected chi connectivity index (χ0v) is 31.8. The lowest BCUT2D eigenvalue weighted by Crippen LogP contribution is -3.00. The van der Waals surface area contributed by atoms with Crippen LogP contribution in [0, 0.1) is 52.3 Å². The highest BCUT2D eigenvalue weighted by molar-refractivity contribution is 5.67. The van der Waals surface area contributed by atoms with Crippen molar-refractivity contribution in [3.63, 3.8) is 0 Å². The van der Waals surface area contributed by atoms with Gasteiger partial charge in [-0.05, 0) is 124 Å². The molecule has 4 aliphatic rings. The second kappa shape index (κ2) is 15.5. The number of quaternary nitrogens is 1. The summed E-state index contributed by atoms with van der Waals surface area (Å²) in [7, 11) is 0. The first-order chi connectivity index (χ1) is 20.0. The molecule has 0 saturated heterocycles. The van der Waals surface area contributed by atoms with Crippen LogP contribution in [0.1, 0.15) is 133 Å². The molecule has 9 atom stereocenters. The first-order valence-electron chi connectivity index (χ1n) is 18.5. The summed E-state index contributed by atoms with van der Waals surface area (Å²) in [5.74, 6) is 6.03. The number of nitrogens with zero attached hydrogens (tertiary/aromatic N) is 1. The van der Waals surface area contributed by atoms with Gasteiger partial charge in [-0.2, -0.15) is 0 Å². The third kappa shape index (κ3) is 7.65. The number of alkyl carbamates (subject to hydrolysis) is 1. The summed E-state index contributed by atoms with van der Waals surface area (Å²) in [4.78, 5) is 12.8. The number of likely N-dealkylation sites (N-methyl/N-ethyl adjacent to an activating group) is 1. The molecule has 1 amide bonds. The van der Waals surface area contributed by atoms with Gasteiger partial charge in [0.1, 0.15) is 6.10 Å². The first-order valence-corrected chi connectivity index (χ1v) is 18.5. The molecule has 4 aliphatic carbocycles. The molecule has 4 nitrogen and oxygen atoms in total. The van der Waals surface area contributed by atoms with E-state index in [9.17, 15) is 4.79 Å². The molecule has 250 valence electrons. The maximum absolute atomic E-state index is 12.8. The molecule has 3 saturated carbocycles. The molecule has 0 heterocycles. The third-order valence-corrected chi connectivity index (χ3v) is 14.4. The van der Waals surface area contributed by atoms with E-state index < -0.39 is 0 Å². The minimum atomic E-state index is -0.211. The van der Waals surface area contributed by atoms with Gasteiger partial charge in [-0.25, -0.2) is 4.79 Å². The Morgan fingerprint density at radius 2 is 1.67 bits per heavy atom. The molecule has 0 unspecified atom stereocenters. The molecule has 4 rings (SSSR count). The van der Waals surface area contributed by atoms with Crippen LogP contribution in [0.3, 0.4) is 0 Å². The van der Waals surface area contributed by atoms with Gasteiger partial charge in [0.25, 0.3) is 0 Å². The highest BCUT2D eigenvalue weighted by Gasteiger charge is 2.59. The van der Waals surface area contributed by atoms with Crippen molar-refractivity contribution < 1.29 is 38.0 Å². The minimum absolute atomic E-state index is 0. The molecule has 5 heteroatoms. The summed E-state index contributed by atoms with van der Waals surface area (Å²) in [6.45, 7) is 26.9. The Labute approximate surface area is 283 Å². The molecule has 0 aromatic rings. The van der Waals surface area contributed by atoms with Gasteiger partial charge in [-0.1, -0.05) is 66.0 Å². The predicted molar refractivity (Wildman–Crippen MR) is 177 cm³/mol. The maximum Gasteiger partial charge on any atom is 0.407 e. The van der Waals surface area contributed by atoms with Gasteiger partial charge in [0, 0.05) is 6.42 Å². The molecule has 1 N–H and O–H groups in total. The Kier molecular flexibility index (Phi) is 13.4. The molecular weight excluding hydrogens is 643 g/mol. The van der Waals surface area contributed by atoms with Crippen LogP contribution in [0.15, 0.2) is 11.6 Å². The topological polar surface area (TPSA) is 38.3 Å². The molecule has 0 radical (unpaired) electrons. The lowest BCUT2D eigenvalue weighted by Gasteiger charge is -2.58. The van der Waals surface area contributed by atoms with E-state index in [1.54, 1.807) is 5.57 Å². The van der Waals surface area contributed by atoms with Crippen LogP contribution in [0.4, 0.5) is 4.79 Å². The Hall–Kier alpha value is -0.300. The van der Waals surface area contributed by atoms with Gasteiger partial charge in [-0.3, -0.25) is 0 Å². The molecule has 0 aliphatic heterocycles. The van der Waals surface area contributed by atoms with Crippen molar-refractivity contribution in [1.29, 1.82) is 0 Å². The normalized spacial score (nSPS) is 35.1. The number of amides is 1. The Bertz CT molecular complexity index is 923. The summed E-state index contributed by atoms with van der Waals surface area (Å²) in [6, 6.07) is 0. The second-order valence-electron chi connectivity index (χ2n) is 16.2. The van der Waals surface area contributed by atoms with Crippen molar-refractivity contribution >= 4 is 6.09 Å². The summed E-state index contributed by atoms with van der Waals surface area (Å²) in [5.41, 5.74) is 2.44. The van der Waals surface area contributed by atoms with Crippen LogP contribution in [-0.4, -0.2) is 49.4 Å². The average Bonchev–Trinajstić information content (AvgIpc) is 3.33. The number of allylic oxidation sites excluding steroid dienone is 1. The standard InChI is InChI=1S/C38H68N2O2.HI/c1-10-29(27(5)6)15-14-28(7)33-18-19-34-32-17-16-30-26-31(20-22-37(30,8)35(32)21-23-38(33,34)9)42-36(41)39-24-25-40(11-2,12-3)13-4;/h16,27-29,31-35H,10-15,17-26H2,1-9H3;1H/t28-,29-,31+,32+,33-,34+,35+,37+,38-;/m1./s1. The number of carbonyl (C=O) groups is 1. The van der Waals surface area contributed by atoms with Gasteiger partial charge in [-0.15, -0.1) is 0 Å². The Morgan fingerprint density at radius 3 is 2.30 bits per heavy atom. The van der Waals surface area contributed by atoms with Crippen LogP contribution in [-0.2, 0) is 4.74 Å². The fraction of sp³-hybridized carbons (Fsp3) is 0.921. The molecule has 0 aromatic heterocycles. The largest absolute Gasteiger partial charge is 1.00 e. The van der Waals surface area contributed by atoms with E-state index in [1.165, 1.54) is 57.8 Å². The zero-order chi connectivity index (χ0) is 30.7. The van der Waals surface area contributed by atoms with Crippen LogP contribution in [0.25, 0.3) is 0 Å². The van der Waals surface area contributed by atoms with Crippen molar-refractivity contribution in [2.24, 2.45) is 52.3 Å². The monoisotopic (exact) mass is 712 g/mol. The van der Waals surface area contributed by atoms with Crippen LogP contribution < -0.4 is 29.3 Å². The van der Waals surface area contributed by atoms with Crippen molar-refractivity contribution in [3.05, 3.63) is 11.6 Å². The third-order valence-electron chi connectivity index (χ3n) is 14.4. The minimum Gasteiger partial charge on any atom is -1.00 e. The number of carbonyl (C=O) groups excluding carboxylic acids is 1. The summed E-state index contributed by atoms with van der Waals surface area (Å²) in [5, 5.41) is 3.08. The molecule has 3 fully saturated rings. The van der Waals surface area contributed by atoms with E-state index in [1.807, 2.05) is 0 Å². The van der Waals surface area contributed by atoms with Crippen LogP contribution in [0.5, 0.6) is 0 Å². The van der Waals surface area contributed by atoms with E-state index >= 15 is 0 Å². The van der Waals surface area contributed by atoms with Crippen molar-refractivity contribution in [2.75, 3.05) is 32.7 Å². The lowest BCUT2D eigenvalue weighted by molar-refractivity contribution is -0.922. The van der Waals surface area contributed by atoms with Crippen LogP contribution in [0.2, 0.25) is 0 Å². The van der Waals surface area contributed by atoms with Crippen LogP contribution >= 0.6 is 0 Å². The fourth-order valence-corrected chi connectivity index (χ4v) is 11.1. The van der Waals surface area contributed by atoms with Crippen molar-refractivity contribution in [3.8, 4) is 0 Å². The van der Waals surface area contributed by atoms with E-state index in [0.717, 1.165) is 84.9 Å². The van der Waals surface area contributed by atoms with Gasteiger partial charge in [0.2, 0.25) is 0 Å². The number of hydrogen-bond acceptors (Lipinski definition) is 2. The molecule has 0 aromatic carbocycles. The Balaban J connectivity index is 0.00000506. The van der Waals surface area contributed by atoms with Gasteiger partial charge in [0.15, 0.2) is 0 Å². The van der Waals surface area contributed by atoms with E-state index in [4.69, 9.17) is 4.74 Å². The summed E-state index contributed by atoms with van der Waals surface area (Å²) in [6.07, 6.45) is 16.7. The molecular formula is C38H69IN2O2. The molecule has 0 bridgehead atoms. The number of fused-ring (bicyclic) bond motifs is 5. The molecule has 0 spiro atoms. The first kappa shape index (κ1) is 37.2. The molecule has 43 heavy (non-hydrogen) atoms. The van der Waals surface area contributed by atoms with Gasteiger partial charge < -0.3 is 38.5 Å².